The number of rotatable bonds is 5. The van der Waals surface area contributed by atoms with Crippen LogP contribution in [0.2, 0.25) is 0 Å². The number of amides is 1. The van der Waals surface area contributed by atoms with Crippen LogP contribution in [0.5, 0.6) is 0 Å². The van der Waals surface area contributed by atoms with Crippen LogP contribution in [0.4, 0.5) is 0 Å². The Hall–Kier alpha value is -1.76. The molecule has 1 atom stereocenters. The van der Waals surface area contributed by atoms with Gasteiger partial charge in [-0.15, -0.1) is 0 Å². The molecule has 6 nitrogen and oxygen atoms in total. The van der Waals surface area contributed by atoms with Crippen molar-refractivity contribution in [1.29, 1.82) is 0 Å². The molecule has 0 aromatic heterocycles. The van der Waals surface area contributed by atoms with E-state index in [0.29, 0.717) is 12.1 Å². The summed E-state index contributed by atoms with van der Waals surface area (Å²) in [6, 6.07) is 6.77. The molecule has 0 aliphatic rings. The lowest BCUT2D eigenvalue weighted by Crippen LogP contribution is -2.31. The lowest BCUT2D eigenvalue weighted by molar-refractivity contribution is -0.166. The van der Waals surface area contributed by atoms with E-state index in [1.165, 1.54) is 0 Å². The molecule has 98 valence electrons. The molecule has 0 spiro atoms. The summed E-state index contributed by atoms with van der Waals surface area (Å²) in [6.45, 7) is 0.392. The van der Waals surface area contributed by atoms with E-state index in [-0.39, 0.29) is 11.5 Å². The zero-order valence-corrected chi connectivity index (χ0v) is 10.0. The molecule has 0 aliphatic heterocycles. The van der Waals surface area contributed by atoms with Gasteiger partial charge in [0.2, 0.25) is 5.78 Å². The van der Waals surface area contributed by atoms with Gasteiger partial charge in [-0.05, 0) is 11.1 Å². The fourth-order valence-electron chi connectivity index (χ4n) is 1.44. The molecule has 0 saturated carbocycles. The van der Waals surface area contributed by atoms with E-state index < -0.39 is 17.8 Å². The van der Waals surface area contributed by atoms with Crippen LogP contribution >= 0.6 is 0 Å². The molecule has 0 saturated heterocycles. The summed E-state index contributed by atoms with van der Waals surface area (Å²) >= 11 is 0. The minimum Gasteiger partial charge on any atom is -0.388 e. The molecule has 18 heavy (non-hydrogen) atoms. The quantitative estimate of drug-likeness (QED) is 0.388. The second-order valence-electron chi connectivity index (χ2n) is 3.92. The summed E-state index contributed by atoms with van der Waals surface area (Å²) in [6.07, 6.45) is -1.45. The summed E-state index contributed by atoms with van der Waals surface area (Å²) in [5.41, 5.74) is 6.86. The van der Waals surface area contributed by atoms with E-state index >= 15 is 0 Å². The first-order valence-electron chi connectivity index (χ1n) is 5.42. The van der Waals surface area contributed by atoms with Gasteiger partial charge in [0.1, 0.15) is 0 Å². The number of carbonyl (C=O) groups excluding carboxylic acids is 2. The lowest BCUT2D eigenvalue weighted by atomic mass is 10.0. The van der Waals surface area contributed by atoms with E-state index in [9.17, 15) is 14.7 Å². The van der Waals surface area contributed by atoms with E-state index in [4.69, 9.17) is 10.9 Å². The minimum atomic E-state index is -1.08. The van der Waals surface area contributed by atoms with E-state index in [0.717, 1.165) is 12.6 Å². The fraction of sp³-hybridized carbons (Fsp3) is 0.333. The smallest absolute Gasteiger partial charge is 0.313 e. The normalized spacial score (nSPS) is 12.0. The Morgan fingerprint density at radius 2 is 1.89 bits per heavy atom. The number of hydroxylamine groups is 2. The minimum absolute atomic E-state index is 0.201. The Morgan fingerprint density at radius 3 is 2.33 bits per heavy atom. The predicted octanol–water partition coefficient (Wildman–Crippen LogP) is -0.0145. The van der Waals surface area contributed by atoms with Crippen LogP contribution in [-0.2, 0) is 16.1 Å². The third-order valence-corrected chi connectivity index (χ3v) is 2.51. The number of likely N-dealkylation sites (N-methyl/N-ethyl adjacent to an activating group) is 1. The van der Waals surface area contributed by atoms with Crippen molar-refractivity contribution in [3.8, 4) is 0 Å². The number of aliphatic hydroxyl groups excluding tert-OH is 1. The van der Waals surface area contributed by atoms with E-state index in [2.05, 4.69) is 0 Å². The van der Waals surface area contributed by atoms with Crippen LogP contribution in [0.1, 0.15) is 23.7 Å². The van der Waals surface area contributed by atoms with Gasteiger partial charge < -0.3 is 10.8 Å². The standard InChI is InChI=1S/C12H16N2O4/c1-14(18)12(17)11(16)6-10(15)9-4-2-8(7-13)3-5-9/h2-5,10,15,18H,6-7,13H2,1H3. The Morgan fingerprint density at radius 1 is 1.33 bits per heavy atom. The van der Waals surface area contributed by atoms with Crippen LogP contribution in [0, 0.1) is 0 Å². The molecule has 1 unspecified atom stereocenters. The van der Waals surface area contributed by atoms with Gasteiger partial charge in [-0.1, -0.05) is 24.3 Å². The Kier molecular flexibility index (Phi) is 4.96. The average molecular weight is 252 g/mol. The molecule has 0 bridgehead atoms. The topological polar surface area (TPSA) is 104 Å². The first-order valence-corrected chi connectivity index (χ1v) is 5.42. The van der Waals surface area contributed by atoms with Crippen molar-refractivity contribution in [1.82, 2.24) is 5.06 Å². The van der Waals surface area contributed by atoms with Gasteiger partial charge in [0, 0.05) is 20.0 Å². The summed E-state index contributed by atoms with van der Waals surface area (Å²) < 4.78 is 0. The maximum Gasteiger partial charge on any atom is 0.313 e. The third kappa shape index (κ3) is 3.63. The molecular weight excluding hydrogens is 236 g/mol. The summed E-state index contributed by atoms with van der Waals surface area (Å²) in [5, 5.41) is 18.8. The highest BCUT2D eigenvalue weighted by Gasteiger charge is 2.21. The monoisotopic (exact) mass is 252 g/mol. The Balaban J connectivity index is 2.67. The van der Waals surface area contributed by atoms with Crippen molar-refractivity contribution < 1.29 is 19.9 Å². The number of benzene rings is 1. The van der Waals surface area contributed by atoms with Crippen molar-refractivity contribution >= 4 is 11.7 Å². The maximum absolute atomic E-state index is 11.4. The summed E-state index contributed by atoms with van der Waals surface area (Å²) in [7, 11) is 1.06. The van der Waals surface area contributed by atoms with Gasteiger partial charge in [-0.2, -0.15) is 0 Å². The van der Waals surface area contributed by atoms with Crippen LogP contribution in [0.15, 0.2) is 24.3 Å². The van der Waals surface area contributed by atoms with Crippen LogP contribution in [0.3, 0.4) is 0 Å². The molecule has 1 rings (SSSR count). The first-order chi connectivity index (χ1) is 8.45. The highest BCUT2D eigenvalue weighted by atomic mass is 16.5. The number of hydrogen-bond donors (Lipinski definition) is 3. The van der Waals surface area contributed by atoms with Gasteiger partial charge in [0.15, 0.2) is 0 Å². The van der Waals surface area contributed by atoms with Gasteiger partial charge in [-0.25, -0.2) is 5.06 Å². The van der Waals surface area contributed by atoms with E-state index in [1.54, 1.807) is 24.3 Å². The molecule has 0 aliphatic carbocycles. The largest absolute Gasteiger partial charge is 0.388 e. The second kappa shape index (κ2) is 6.25. The molecule has 6 heteroatoms. The number of hydrogen-bond acceptors (Lipinski definition) is 5. The van der Waals surface area contributed by atoms with Gasteiger partial charge in [0.05, 0.1) is 6.10 Å². The predicted molar refractivity (Wildman–Crippen MR) is 63.5 cm³/mol. The molecule has 1 aromatic rings. The fourth-order valence-corrected chi connectivity index (χ4v) is 1.44. The SMILES string of the molecule is CN(O)C(=O)C(=O)CC(O)c1ccc(CN)cc1. The van der Waals surface area contributed by atoms with Crippen LogP contribution in [-0.4, -0.2) is 34.1 Å². The summed E-state index contributed by atoms with van der Waals surface area (Å²) in [5.74, 6) is -1.90. The molecule has 0 heterocycles. The number of aliphatic hydroxyl groups is 1. The number of carbonyl (C=O) groups is 2. The highest BCUT2D eigenvalue weighted by molar-refractivity contribution is 6.35. The molecular formula is C12H16N2O4. The van der Waals surface area contributed by atoms with Crippen molar-refractivity contribution in [2.75, 3.05) is 7.05 Å². The van der Waals surface area contributed by atoms with Crippen molar-refractivity contribution in [3.05, 3.63) is 35.4 Å². The average Bonchev–Trinajstić information content (AvgIpc) is 2.37. The van der Waals surface area contributed by atoms with Gasteiger partial charge in [-0.3, -0.25) is 14.8 Å². The van der Waals surface area contributed by atoms with Gasteiger partial charge >= 0.3 is 5.91 Å². The van der Waals surface area contributed by atoms with Crippen molar-refractivity contribution in [2.24, 2.45) is 5.73 Å². The third-order valence-electron chi connectivity index (χ3n) is 2.51. The summed E-state index contributed by atoms with van der Waals surface area (Å²) in [4.78, 5) is 22.5. The molecule has 0 radical (unpaired) electrons. The lowest BCUT2D eigenvalue weighted by Gasteiger charge is -2.12. The van der Waals surface area contributed by atoms with Gasteiger partial charge in [0.25, 0.3) is 0 Å². The maximum atomic E-state index is 11.4. The van der Waals surface area contributed by atoms with Crippen molar-refractivity contribution in [3.63, 3.8) is 0 Å². The molecule has 1 aromatic carbocycles. The molecule has 4 N–H and O–H groups in total. The van der Waals surface area contributed by atoms with E-state index in [1.807, 2.05) is 0 Å². The molecule has 1 amide bonds. The number of nitrogens with two attached hydrogens (primary N) is 1. The Labute approximate surface area is 105 Å². The molecule has 0 fully saturated rings. The number of Topliss-reactive ketones (excluding diaryl/α,β-unsaturated/α-hetero) is 1. The zero-order valence-electron chi connectivity index (χ0n) is 10.0. The van der Waals surface area contributed by atoms with Crippen molar-refractivity contribution in [2.45, 2.75) is 19.1 Å². The first kappa shape index (κ1) is 14.3. The van der Waals surface area contributed by atoms with Crippen LogP contribution in [0.25, 0.3) is 0 Å². The van der Waals surface area contributed by atoms with Crippen LogP contribution < -0.4 is 5.73 Å². The Bertz CT molecular complexity index is 428. The second-order valence-corrected chi connectivity index (χ2v) is 3.92. The number of nitrogens with zero attached hydrogens (tertiary/aromatic N) is 1. The number of ketones is 1. The zero-order chi connectivity index (χ0) is 13.7. The highest BCUT2D eigenvalue weighted by Crippen LogP contribution is 2.17.